The number of amides is 1. The molecule has 0 radical (unpaired) electrons. The number of rotatable bonds is 6. The van der Waals surface area contributed by atoms with Gasteiger partial charge >= 0.3 is 0 Å². The summed E-state index contributed by atoms with van der Waals surface area (Å²) in [5, 5.41) is 10.3. The molecule has 30 heavy (non-hydrogen) atoms. The van der Waals surface area contributed by atoms with Crippen LogP contribution < -0.4 is 0 Å². The molecule has 0 bridgehead atoms. The minimum atomic E-state index is -0.372. The van der Waals surface area contributed by atoms with Gasteiger partial charge in [0.25, 0.3) is 5.91 Å². The lowest BCUT2D eigenvalue weighted by Gasteiger charge is -2.19. The molecule has 1 amide bonds. The van der Waals surface area contributed by atoms with Gasteiger partial charge in [-0.2, -0.15) is 5.10 Å². The van der Waals surface area contributed by atoms with Gasteiger partial charge in [0.1, 0.15) is 17.6 Å². The number of hydrogen-bond donors (Lipinski definition) is 0. The molecule has 2 aromatic carbocycles. The average molecular weight is 426 g/mol. The molecule has 0 saturated heterocycles. The SMILES string of the molecule is O=C(CO/N=C/c1ccc(F)cc1)N1N=C(c2ccc(Cl)cc2)CC1c1ccco1. The minimum absolute atomic E-state index is 0.299. The van der Waals surface area contributed by atoms with Crippen LogP contribution in [0.4, 0.5) is 4.39 Å². The van der Waals surface area contributed by atoms with E-state index in [-0.39, 0.29) is 24.4 Å². The first kappa shape index (κ1) is 19.8. The third-order valence-corrected chi connectivity index (χ3v) is 4.80. The molecule has 1 aromatic heterocycles. The quantitative estimate of drug-likeness (QED) is 0.421. The fourth-order valence-electron chi connectivity index (χ4n) is 3.07. The summed E-state index contributed by atoms with van der Waals surface area (Å²) in [5.74, 6) is -0.0712. The monoisotopic (exact) mass is 425 g/mol. The maximum Gasteiger partial charge on any atom is 0.284 e. The highest BCUT2D eigenvalue weighted by atomic mass is 35.5. The zero-order valence-electron chi connectivity index (χ0n) is 15.7. The van der Waals surface area contributed by atoms with Crippen LogP contribution >= 0.6 is 11.6 Å². The lowest BCUT2D eigenvalue weighted by molar-refractivity contribution is -0.138. The lowest BCUT2D eigenvalue weighted by Crippen LogP contribution is -2.29. The molecule has 0 spiro atoms. The number of halogens is 2. The first-order chi connectivity index (χ1) is 14.6. The van der Waals surface area contributed by atoms with Crippen molar-refractivity contribution in [3.63, 3.8) is 0 Å². The number of benzene rings is 2. The zero-order chi connectivity index (χ0) is 20.9. The van der Waals surface area contributed by atoms with Crippen molar-refractivity contribution in [1.82, 2.24) is 5.01 Å². The van der Waals surface area contributed by atoms with Gasteiger partial charge in [-0.15, -0.1) is 0 Å². The van der Waals surface area contributed by atoms with Gasteiger partial charge < -0.3 is 9.25 Å². The zero-order valence-corrected chi connectivity index (χ0v) is 16.5. The van der Waals surface area contributed by atoms with Crippen molar-refractivity contribution >= 4 is 29.4 Å². The minimum Gasteiger partial charge on any atom is -0.467 e. The van der Waals surface area contributed by atoms with Crippen LogP contribution in [0.3, 0.4) is 0 Å². The van der Waals surface area contributed by atoms with Gasteiger partial charge in [-0.05, 0) is 47.5 Å². The van der Waals surface area contributed by atoms with Crippen molar-refractivity contribution in [2.45, 2.75) is 12.5 Å². The third-order valence-electron chi connectivity index (χ3n) is 4.55. The van der Waals surface area contributed by atoms with E-state index in [1.165, 1.54) is 23.4 Å². The van der Waals surface area contributed by atoms with E-state index in [0.29, 0.717) is 22.8 Å². The molecule has 0 N–H and O–H groups in total. The Morgan fingerprint density at radius 2 is 2.00 bits per heavy atom. The summed E-state index contributed by atoms with van der Waals surface area (Å²) < 4.78 is 18.4. The van der Waals surface area contributed by atoms with Gasteiger partial charge in [0.05, 0.1) is 18.2 Å². The Morgan fingerprint density at radius 3 is 2.70 bits per heavy atom. The molecule has 1 unspecified atom stereocenters. The summed E-state index contributed by atoms with van der Waals surface area (Å²) >= 11 is 5.96. The van der Waals surface area contributed by atoms with Crippen LogP contribution in [0.5, 0.6) is 0 Å². The summed E-state index contributed by atoms with van der Waals surface area (Å²) in [5.41, 5.74) is 2.28. The fraction of sp³-hybridized carbons (Fsp3) is 0.136. The number of furan rings is 1. The second kappa shape index (κ2) is 8.92. The molecule has 1 aliphatic heterocycles. The van der Waals surface area contributed by atoms with Gasteiger partial charge in [0, 0.05) is 11.4 Å². The Labute approximate surface area is 177 Å². The van der Waals surface area contributed by atoms with E-state index in [0.717, 1.165) is 11.3 Å². The van der Waals surface area contributed by atoms with Crippen LogP contribution in [-0.4, -0.2) is 29.4 Å². The Kier molecular flexibility index (Phi) is 5.90. The highest BCUT2D eigenvalue weighted by Gasteiger charge is 2.35. The Hall–Kier alpha value is -3.45. The van der Waals surface area contributed by atoms with Crippen LogP contribution in [0.2, 0.25) is 5.02 Å². The van der Waals surface area contributed by atoms with E-state index in [2.05, 4.69) is 10.3 Å². The smallest absolute Gasteiger partial charge is 0.284 e. The predicted molar refractivity (Wildman–Crippen MR) is 111 cm³/mol. The number of hydrazone groups is 1. The van der Waals surface area contributed by atoms with Crippen LogP contribution in [0.1, 0.15) is 29.3 Å². The molecule has 8 heteroatoms. The van der Waals surface area contributed by atoms with Crippen molar-refractivity contribution in [3.05, 3.63) is 94.7 Å². The molecular weight excluding hydrogens is 409 g/mol. The molecule has 1 atom stereocenters. The van der Waals surface area contributed by atoms with E-state index in [4.69, 9.17) is 20.9 Å². The Balaban J connectivity index is 1.46. The molecule has 2 heterocycles. The lowest BCUT2D eigenvalue weighted by atomic mass is 10.0. The summed E-state index contributed by atoms with van der Waals surface area (Å²) in [6.07, 6.45) is 3.46. The van der Waals surface area contributed by atoms with Crippen LogP contribution in [-0.2, 0) is 9.63 Å². The van der Waals surface area contributed by atoms with E-state index in [1.807, 2.05) is 12.1 Å². The van der Waals surface area contributed by atoms with E-state index < -0.39 is 0 Å². The molecule has 1 aliphatic rings. The van der Waals surface area contributed by atoms with E-state index >= 15 is 0 Å². The highest BCUT2D eigenvalue weighted by Crippen LogP contribution is 2.33. The van der Waals surface area contributed by atoms with Gasteiger partial charge in [-0.3, -0.25) is 4.79 Å². The van der Waals surface area contributed by atoms with Crippen molar-refractivity contribution in [2.24, 2.45) is 10.3 Å². The van der Waals surface area contributed by atoms with Gasteiger partial charge in [0.2, 0.25) is 0 Å². The average Bonchev–Trinajstić information content (AvgIpc) is 3.43. The first-order valence-electron chi connectivity index (χ1n) is 9.20. The van der Waals surface area contributed by atoms with Crippen molar-refractivity contribution in [2.75, 3.05) is 6.61 Å². The van der Waals surface area contributed by atoms with Crippen LogP contribution in [0.25, 0.3) is 0 Å². The normalized spacial score (nSPS) is 16.1. The van der Waals surface area contributed by atoms with Crippen molar-refractivity contribution in [1.29, 1.82) is 0 Å². The summed E-state index contributed by atoms with van der Waals surface area (Å²) in [4.78, 5) is 17.9. The highest BCUT2D eigenvalue weighted by molar-refractivity contribution is 6.30. The van der Waals surface area contributed by atoms with Crippen molar-refractivity contribution in [3.8, 4) is 0 Å². The number of carbonyl (C=O) groups excluding carboxylic acids is 1. The molecule has 0 aliphatic carbocycles. The molecular formula is C22H17ClFN3O3. The molecule has 0 fully saturated rings. The van der Waals surface area contributed by atoms with E-state index in [9.17, 15) is 9.18 Å². The van der Waals surface area contributed by atoms with Crippen LogP contribution in [0.15, 0.2) is 81.6 Å². The largest absolute Gasteiger partial charge is 0.467 e. The second-order valence-electron chi connectivity index (χ2n) is 6.59. The summed E-state index contributed by atoms with van der Waals surface area (Å²) in [7, 11) is 0. The van der Waals surface area contributed by atoms with Crippen molar-refractivity contribution < 1.29 is 18.4 Å². The fourth-order valence-corrected chi connectivity index (χ4v) is 3.19. The number of nitrogens with zero attached hydrogens (tertiary/aromatic N) is 3. The van der Waals surface area contributed by atoms with Gasteiger partial charge in [0.15, 0.2) is 6.61 Å². The van der Waals surface area contributed by atoms with Crippen LogP contribution in [0, 0.1) is 5.82 Å². The van der Waals surface area contributed by atoms with Gasteiger partial charge in [-0.25, -0.2) is 9.40 Å². The van der Waals surface area contributed by atoms with E-state index in [1.54, 1.807) is 42.7 Å². The number of hydrogen-bond acceptors (Lipinski definition) is 5. The predicted octanol–water partition coefficient (Wildman–Crippen LogP) is 4.80. The van der Waals surface area contributed by atoms with Gasteiger partial charge in [-0.1, -0.05) is 41.0 Å². The number of oxime groups is 1. The number of carbonyl (C=O) groups is 1. The molecule has 152 valence electrons. The second-order valence-corrected chi connectivity index (χ2v) is 7.02. The molecule has 4 rings (SSSR count). The standard InChI is InChI=1S/C22H17ClFN3O3/c23-17-7-5-16(6-8-17)19-12-20(21-2-1-11-29-21)27(26-19)22(28)14-30-25-13-15-3-9-18(24)10-4-15/h1-11,13,20H,12,14H2/b25-13+. The Bertz CT molecular complexity index is 1060. The maximum absolute atomic E-state index is 12.9. The first-order valence-corrected chi connectivity index (χ1v) is 9.58. The summed E-state index contributed by atoms with van der Waals surface area (Å²) in [6, 6.07) is 16.2. The third kappa shape index (κ3) is 4.58. The molecule has 6 nitrogen and oxygen atoms in total. The molecule has 0 saturated carbocycles. The topological polar surface area (TPSA) is 67.4 Å². The maximum atomic E-state index is 12.9. The molecule has 3 aromatic rings. The Morgan fingerprint density at radius 1 is 1.23 bits per heavy atom. The summed E-state index contributed by atoms with van der Waals surface area (Å²) in [6.45, 7) is -0.299.